The first-order valence-electron chi connectivity index (χ1n) is 10.9. The Morgan fingerprint density at radius 3 is 1.73 bits per heavy atom. The van der Waals surface area contributed by atoms with Gasteiger partial charge >= 0.3 is 0 Å². The Labute approximate surface area is 166 Å². The summed E-state index contributed by atoms with van der Waals surface area (Å²) in [5.41, 5.74) is 1.26. The highest BCUT2D eigenvalue weighted by Gasteiger charge is 2.06. The fourth-order valence-electron chi connectivity index (χ4n) is 3.42. The van der Waals surface area contributed by atoms with Crippen molar-refractivity contribution in [2.75, 3.05) is 0 Å². The van der Waals surface area contributed by atoms with Crippen molar-refractivity contribution >= 4 is 17.4 Å². The standard InChI is InChI=1S/C24H39ClO/c1-2-23(26)20-16-11-9-7-5-3-4-6-8-10-12-17-21-24(25)22-18-14-13-15-19-22/h13-15,18-19,24H,2-12,16-17,20-21H2,1H3. The quantitative estimate of drug-likeness (QED) is 0.196. The molecule has 1 unspecified atom stereocenters. The molecular weight excluding hydrogens is 340 g/mol. The summed E-state index contributed by atoms with van der Waals surface area (Å²) in [6.07, 6.45) is 18.4. The Morgan fingerprint density at radius 2 is 1.23 bits per heavy atom. The van der Waals surface area contributed by atoms with E-state index in [1.54, 1.807) is 0 Å². The number of rotatable bonds is 17. The number of hydrogen-bond acceptors (Lipinski definition) is 1. The normalized spacial score (nSPS) is 12.2. The van der Waals surface area contributed by atoms with Crippen LogP contribution in [0.5, 0.6) is 0 Å². The minimum atomic E-state index is 0.177. The number of Topliss-reactive ketones (excluding diaryl/α,β-unsaturated/α-hetero) is 1. The number of halogens is 1. The van der Waals surface area contributed by atoms with E-state index in [0.29, 0.717) is 12.2 Å². The van der Waals surface area contributed by atoms with Crippen molar-refractivity contribution in [1.82, 2.24) is 0 Å². The van der Waals surface area contributed by atoms with Crippen molar-refractivity contribution in [1.29, 1.82) is 0 Å². The monoisotopic (exact) mass is 378 g/mol. The largest absolute Gasteiger partial charge is 0.300 e. The molecule has 1 atom stereocenters. The van der Waals surface area contributed by atoms with Gasteiger partial charge in [0.25, 0.3) is 0 Å². The van der Waals surface area contributed by atoms with Gasteiger partial charge < -0.3 is 0 Å². The predicted octanol–water partition coefficient (Wildman–Crippen LogP) is 8.41. The minimum Gasteiger partial charge on any atom is -0.300 e. The third-order valence-corrected chi connectivity index (χ3v) is 5.69. The lowest BCUT2D eigenvalue weighted by Crippen LogP contribution is -1.94. The van der Waals surface area contributed by atoms with Crippen molar-refractivity contribution in [3.05, 3.63) is 35.9 Å². The summed E-state index contributed by atoms with van der Waals surface area (Å²) in [4.78, 5) is 11.2. The van der Waals surface area contributed by atoms with E-state index in [9.17, 15) is 4.79 Å². The van der Waals surface area contributed by atoms with Crippen LogP contribution in [-0.2, 0) is 4.79 Å². The topological polar surface area (TPSA) is 17.1 Å². The van der Waals surface area contributed by atoms with Gasteiger partial charge in [0.15, 0.2) is 0 Å². The summed E-state index contributed by atoms with van der Waals surface area (Å²) in [5, 5.41) is 0.177. The van der Waals surface area contributed by atoms with Crippen molar-refractivity contribution in [3.8, 4) is 0 Å². The molecule has 1 aromatic rings. The molecule has 0 saturated heterocycles. The Kier molecular flexibility index (Phi) is 14.6. The van der Waals surface area contributed by atoms with Gasteiger partial charge in [0.2, 0.25) is 0 Å². The Morgan fingerprint density at radius 1 is 0.769 bits per heavy atom. The first kappa shape index (κ1) is 23.2. The molecule has 2 heteroatoms. The number of ketones is 1. The number of carbonyl (C=O) groups excluding carboxylic acids is 1. The van der Waals surface area contributed by atoms with Crippen LogP contribution in [0, 0.1) is 0 Å². The van der Waals surface area contributed by atoms with Crippen molar-refractivity contribution in [2.45, 2.75) is 109 Å². The number of alkyl halides is 1. The molecule has 0 aliphatic rings. The van der Waals surface area contributed by atoms with Crippen LogP contribution in [0.15, 0.2) is 30.3 Å². The summed E-state index contributed by atoms with van der Waals surface area (Å²) in [7, 11) is 0. The molecule has 0 radical (unpaired) electrons. The zero-order valence-corrected chi connectivity index (χ0v) is 17.6. The molecular formula is C24H39ClO. The second-order valence-corrected chi connectivity index (χ2v) is 8.08. The lowest BCUT2D eigenvalue weighted by Gasteiger charge is -2.09. The van der Waals surface area contributed by atoms with Crippen LogP contribution in [0.4, 0.5) is 0 Å². The fraction of sp³-hybridized carbons (Fsp3) is 0.708. The molecule has 26 heavy (non-hydrogen) atoms. The van der Waals surface area contributed by atoms with E-state index in [1.807, 2.05) is 13.0 Å². The molecule has 1 rings (SSSR count). The number of carbonyl (C=O) groups is 1. The fourth-order valence-corrected chi connectivity index (χ4v) is 3.72. The molecule has 0 spiro atoms. The maximum Gasteiger partial charge on any atom is 0.132 e. The third kappa shape index (κ3) is 12.5. The second-order valence-electron chi connectivity index (χ2n) is 7.55. The summed E-state index contributed by atoms with van der Waals surface area (Å²) in [6, 6.07) is 10.4. The third-order valence-electron chi connectivity index (χ3n) is 5.22. The maximum absolute atomic E-state index is 11.2. The molecule has 0 amide bonds. The smallest absolute Gasteiger partial charge is 0.132 e. The first-order chi connectivity index (χ1) is 12.7. The van der Waals surface area contributed by atoms with Gasteiger partial charge in [-0.3, -0.25) is 4.79 Å². The van der Waals surface area contributed by atoms with E-state index >= 15 is 0 Å². The van der Waals surface area contributed by atoms with Gasteiger partial charge in [0.1, 0.15) is 5.78 Å². The van der Waals surface area contributed by atoms with Gasteiger partial charge in [-0.25, -0.2) is 0 Å². The average molecular weight is 379 g/mol. The molecule has 1 nitrogen and oxygen atoms in total. The molecule has 0 bridgehead atoms. The molecule has 0 saturated carbocycles. The molecule has 0 N–H and O–H groups in total. The first-order valence-corrected chi connectivity index (χ1v) is 11.4. The van der Waals surface area contributed by atoms with Crippen molar-refractivity contribution < 1.29 is 4.79 Å². The van der Waals surface area contributed by atoms with Crippen molar-refractivity contribution in [2.24, 2.45) is 0 Å². The summed E-state index contributed by atoms with van der Waals surface area (Å²) in [5.74, 6) is 0.423. The summed E-state index contributed by atoms with van der Waals surface area (Å²) < 4.78 is 0. The van der Waals surface area contributed by atoms with E-state index in [0.717, 1.165) is 19.3 Å². The zero-order chi connectivity index (χ0) is 18.9. The lowest BCUT2D eigenvalue weighted by molar-refractivity contribution is -0.118. The maximum atomic E-state index is 11.2. The van der Waals surface area contributed by atoms with Crippen LogP contribution in [-0.4, -0.2) is 5.78 Å². The van der Waals surface area contributed by atoms with Crippen molar-refractivity contribution in [3.63, 3.8) is 0 Å². The molecule has 0 aromatic heterocycles. The zero-order valence-electron chi connectivity index (χ0n) is 16.9. The van der Waals surface area contributed by atoms with Crippen LogP contribution in [0.25, 0.3) is 0 Å². The van der Waals surface area contributed by atoms with Gasteiger partial charge in [0.05, 0.1) is 5.38 Å². The second kappa shape index (κ2) is 16.4. The highest BCUT2D eigenvalue weighted by atomic mass is 35.5. The lowest BCUT2D eigenvalue weighted by atomic mass is 10.0. The van der Waals surface area contributed by atoms with E-state index < -0.39 is 0 Å². The Hall–Kier alpha value is -0.820. The van der Waals surface area contributed by atoms with Gasteiger partial charge in [-0.05, 0) is 18.4 Å². The van der Waals surface area contributed by atoms with Gasteiger partial charge in [0, 0.05) is 12.8 Å². The average Bonchev–Trinajstić information content (AvgIpc) is 2.68. The van der Waals surface area contributed by atoms with Crippen LogP contribution < -0.4 is 0 Å². The van der Waals surface area contributed by atoms with E-state index in [-0.39, 0.29) is 5.38 Å². The SMILES string of the molecule is CCC(=O)CCCCCCCCCCCCCCC(Cl)c1ccccc1. The van der Waals surface area contributed by atoms with Crippen LogP contribution in [0.1, 0.15) is 114 Å². The predicted molar refractivity (Wildman–Crippen MR) is 115 cm³/mol. The van der Waals surface area contributed by atoms with E-state index in [2.05, 4.69) is 24.3 Å². The minimum absolute atomic E-state index is 0.177. The summed E-state index contributed by atoms with van der Waals surface area (Å²) in [6.45, 7) is 1.96. The van der Waals surface area contributed by atoms with Gasteiger partial charge in [-0.15, -0.1) is 11.6 Å². The van der Waals surface area contributed by atoms with Crippen LogP contribution >= 0.6 is 11.6 Å². The van der Waals surface area contributed by atoms with Crippen LogP contribution in [0.3, 0.4) is 0 Å². The summed E-state index contributed by atoms with van der Waals surface area (Å²) >= 11 is 6.46. The number of unbranched alkanes of at least 4 members (excludes halogenated alkanes) is 11. The van der Waals surface area contributed by atoms with Crippen LogP contribution in [0.2, 0.25) is 0 Å². The molecule has 148 valence electrons. The number of hydrogen-bond donors (Lipinski definition) is 0. The van der Waals surface area contributed by atoms with Gasteiger partial charge in [-0.1, -0.05) is 108 Å². The molecule has 1 aromatic carbocycles. The van der Waals surface area contributed by atoms with Gasteiger partial charge in [-0.2, -0.15) is 0 Å². The van der Waals surface area contributed by atoms with E-state index in [4.69, 9.17) is 11.6 Å². The Bertz CT molecular complexity index is 443. The highest BCUT2D eigenvalue weighted by Crippen LogP contribution is 2.26. The highest BCUT2D eigenvalue weighted by molar-refractivity contribution is 6.20. The Balaban J connectivity index is 1.79. The molecule has 0 fully saturated rings. The van der Waals surface area contributed by atoms with E-state index in [1.165, 1.54) is 76.2 Å². The molecule has 0 aliphatic carbocycles. The molecule has 0 aliphatic heterocycles. The number of benzene rings is 1. The molecule has 0 heterocycles.